The first kappa shape index (κ1) is 17.9. The fourth-order valence-electron chi connectivity index (χ4n) is 2.28. The maximum atomic E-state index is 12.1. The van der Waals surface area contributed by atoms with Crippen molar-refractivity contribution >= 4 is 21.9 Å². The zero-order chi connectivity index (χ0) is 17.6. The van der Waals surface area contributed by atoms with Gasteiger partial charge >= 0.3 is 5.97 Å². The van der Waals surface area contributed by atoms with Crippen LogP contribution in [0.2, 0.25) is 0 Å². The molecule has 1 fully saturated rings. The lowest BCUT2D eigenvalue weighted by atomic mass is 10.2. The number of nitrogens with one attached hydrogen (secondary N) is 1. The smallest absolute Gasteiger partial charge is 0.321 e. The van der Waals surface area contributed by atoms with Crippen molar-refractivity contribution in [1.29, 1.82) is 5.26 Å². The van der Waals surface area contributed by atoms with Crippen molar-refractivity contribution in [3.63, 3.8) is 0 Å². The highest BCUT2D eigenvalue weighted by molar-refractivity contribution is 7.89. The first-order chi connectivity index (χ1) is 11.4. The van der Waals surface area contributed by atoms with E-state index >= 15 is 0 Å². The lowest BCUT2D eigenvalue weighted by Gasteiger charge is -2.15. The van der Waals surface area contributed by atoms with Gasteiger partial charge in [-0.05, 0) is 25.0 Å². The molecule has 9 heteroatoms. The normalized spacial score (nSPS) is 14.2. The van der Waals surface area contributed by atoms with Crippen molar-refractivity contribution in [3.05, 3.63) is 29.8 Å². The van der Waals surface area contributed by atoms with Crippen LogP contribution in [0.1, 0.15) is 18.4 Å². The second-order valence-corrected chi connectivity index (χ2v) is 6.92. The van der Waals surface area contributed by atoms with E-state index in [1.54, 1.807) is 11.0 Å². The highest BCUT2D eigenvalue weighted by Gasteiger charge is 2.21. The van der Waals surface area contributed by atoms with Crippen LogP contribution in [0.3, 0.4) is 0 Å². The van der Waals surface area contributed by atoms with Crippen molar-refractivity contribution in [3.8, 4) is 6.07 Å². The van der Waals surface area contributed by atoms with E-state index in [9.17, 15) is 18.0 Å². The molecule has 0 spiro atoms. The van der Waals surface area contributed by atoms with Gasteiger partial charge in [0.1, 0.15) is 12.6 Å². The summed E-state index contributed by atoms with van der Waals surface area (Å²) in [5.74, 6) is -1.15. The standard InChI is InChI=1S/C15H17N3O5S/c16-9-12-5-1-2-6-13(12)24(21,22)17-10-15(20)23-11-14(19)18-7-3-4-8-18/h1-2,5-6,17H,3-4,7-8,10-11H2. The SMILES string of the molecule is N#Cc1ccccc1S(=O)(=O)NCC(=O)OCC(=O)N1CCCC1. The fraction of sp³-hybridized carbons (Fsp3) is 0.400. The third-order valence-corrected chi connectivity index (χ3v) is 4.98. The fourth-order valence-corrected chi connectivity index (χ4v) is 3.40. The van der Waals surface area contributed by atoms with Gasteiger partial charge in [-0.25, -0.2) is 8.42 Å². The van der Waals surface area contributed by atoms with Gasteiger partial charge in [-0.1, -0.05) is 12.1 Å². The van der Waals surface area contributed by atoms with Crippen LogP contribution >= 0.6 is 0 Å². The molecule has 0 saturated carbocycles. The Morgan fingerprint density at radius 1 is 1.25 bits per heavy atom. The molecule has 24 heavy (non-hydrogen) atoms. The highest BCUT2D eigenvalue weighted by Crippen LogP contribution is 2.13. The minimum absolute atomic E-state index is 0.0254. The number of esters is 1. The van der Waals surface area contributed by atoms with Gasteiger partial charge in [0.2, 0.25) is 10.0 Å². The number of likely N-dealkylation sites (tertiary alicyclic amines) is 1. The van der Waals surface area contributed by atoms with Gasteiger partial charge in [0.25, 0.3) is 5.91 Å². The molecular formula is C15H17N3O5S. The van der Waals surface area contributed by atoms with Gasteiger partial charge in [0.15, 0.2) is 6.61 Å². The molecule has 0 atom stereocenters. The van der Waals surface area contributed by atoms with Gasteiger partial charge < -0.3 is 9.64 Å². The number of amides is 1. The summed E-state index contributed by atoms with van der Waals surface area (Å²) in [6, 6.07) is 7.42. The number of carbonyl (C=O) groups is 2. The summed E-state index contributed by atoms with van der Waals surface area (Å²) in [6.45, 7) is 0.270. The molecule has 0 unspecified atom stereocenters. The van der Waals surface area contributed by atoms with E-state index in [1.165, 1.54) is 24.3 Å². The Morgan fingerprint density at radius 3 is 2.58 bits per heavy atom. The molecule has 0 aromatic heterocycles. The summed E-state index contributed by atoms with van der Waals surface area (Å²) < 4.78 is 31.1. The molecule has 1 aromatic carbocycles. The monoisotopic (exact) mass is 351 g/mol. The van der Waals surface area contributed by atoms with Crippen LogP contribution in [-0.4, -0.2) is 51.4 Å². The van der Waals surface area contributed by atoms with Gasteiger partial charge in [0.05, 0.1) is 10.5 Å². The molecule has 8 nitrogen and oxygen atoms in total. The van der Waals surface area contributed by atoms with Crippen molar-refractivity contribution in [2.45, 2.75) is 17.7 Å². The summed E-state index contributed by atoms with van der Waals surface area (Å²) in [7, 11) is -4.02. The Hall–Kier alpha value is -2.44. The quantitative estimate of drug-likeness (QED) is 0.721. The third-order valence-electron chi connectivity index (χ3n) is 3.52. The van der Waals surface area contributed by atoms with E-state index in [-0.39, 0.29) is 16.4 Å². The first-order valence-electron chi connectivity index (χ1n) is 7.36. The zero-order valence-electron chi connectivity index (χ0n) is 12.9. The average Bonchev–Trinajstić information content (AvgIpc) is 3.12. The van der Waals surface area contributed by atoms with Gasteiger partial charge in [0, 0.05) is 13.1 Å². The second kappa shape index (κ2) is 7.90. The van der Waals surface area contributed by atoms with Crippen LogP contribution in [0.4, 0.5) is 0 Å². The minimum atomic E-state index is -4.02. The number of carbonyl (C=O) groups excluding carboxylic acids is 2. The summed E-state index contributed by atoms with van der Waals surface area (Å²) in [4.78, 5) is 24.7. The molecule has 1 saturated heterocycles. The van der Waals surface area contributed by atoms with Crippen molar-refractivity contribution < 1.29 is 22.7 Å². The van der Waals surface area contributed by atoms with E-state index in [2.05, 4.69) is 4.72 Å². The number of nitrogens with zero attached hydrogens (tertiary/aromatic N) is 2. The first-order valence-corrected chi connectivity index (χ1v) is 8.84. The third kappa shape index (κ3) is 4.53. The van der Waals surface area contributed by atoms with Crippen molar-refractivity contribution in [2.75, 3.05) is 26.2 Å². The largest absolute Gasteiger partial charge is 0.455 e. The number of nitriles is 1. The molecule has 1 amide bonds. The topological polar surface area (TPSA) is 117 Å². The molecule has 128 valence electrons. The Kier molecular flexibility index (Phi) is 5.89. The highest BCUT2D eigenvalue weighted by atomic mass is 32.2. The molecule has 1 aliphatic heterocycles. The molecular weight excluding hydrogens is 334 g/mol. The van der Waals surface area contributed by atoms with Gasteiger partial charge in [-0.15, -0.1) is 0 Å². The predicted molar refractivity (Wildman–Crippen MR) is 83.1 cm³/mol. The Morgan fingerprint density at radius 2 is 1.92 bits per heavy atom. The number of hydrogen-bond donors (Lipinski definition) is 1. The van der Waals surface area contributed by atoms with E-state index < -0.39 is 29.1 Å². The summed E-state index contributed by atoms with van der Waals surface area (Å²) in [5.41, 5.74) is -0.0254. The molecule has 1 aromatic rings. The Bertz CT molecular complexity index is 764. The second-order valence-electron chi connectivity index (χ2n) is 5.18. The molecule has 0 bridgehead atoms. The van der Waals surface area contributed by atoms with E-state index in [0.29, 0.717) is 13.1 Å². The number of hydrogen-bond acceptors (Lipinski definition) is 6. The van der Waals surface area contributed by atoms with Crippen LogP contribution in [0.15, 0.2) is 29.2 Å². The number of sulfonamides is 1. The minimum Gasteiger partial charge on any atom is -0.455 e. The number of benzene rings is 1. The molecule has 1 N–H and O–H groups in total. The van der Waals surface area contributed by atoms with Crippen LogP contribution < -0.4 is 4.72 Å². The molecule has 2 rings (SSSR count). The van der Waals surface area contributed by atoms with Crippen LogP contribution in [0.5, 0.6) is 0 Å². The Balaban J connectivity index is 1.86. The van der Waals surface area contributed by atoms with Gasteiger partial charge in [-0.3, -0.25) is 9.59 Å². The molecule has 0 aliphatic carbocycles. The average molecular weight is 351 g/mol. The maximum Gasteiger partial charge on any atom is 0.321 e. The van der Waals surface area contributed by atoms with Crippen LogP contribution in [0, 0.1) is 11.3 Å². The summed E-state index contributed by atoms with van der Waals surface area (Å²) in [6.07, 6.45) is 1.86. The predicted octanol–water partition coefficient (Wildman–Crippen LogP) is 0.00218. The lowest BCUT2D eigenvalue weighted by Crippen LogP contribution is -2.35. The summed E-state index contributed by atoms with van der Waals surface area (Å²) >= 11 is 0. The number of ether oxygens (including phenoxy) is 1. The van der Waals surface area contributed by atoms with E-state index in [4.69, 9.17) is 10.00 Å². The van der Waals surface area contributed by atoms with E-state index in [0.717, 1.165) is 12.8 Å². The van der Waals surface area contributed by atoms with E-state index in [1.807, 2.05) is 0 Å². The maximum absolute atomic E-state index is 12.1. The molecule has 0 radical (unpaired) electrons. The number of rotatable bonds is 6. The Labute approximate surface area is 140 Å². The molecule has 1 aliphatic rings. The summed E-state index contributed by atoms with van der Waals surface area (Å²) in [5, 5.41) is 8.93. The van der Waals surface area contributed by atoms with Crippen LogP contribution in [0.25, 0.3) is 0 Å². The zero-order valence-corrected chi connectivity index (χ0v) is 13.7. The van der Waals surface area contributed by atoms with Crippen molar-refractivity contribution in [2.24, 2.45) is 0 Å². The van der Waals surface area contributed by atoms with Crippen molar-refractivity contribution in [1.82, 2.24) is 9.62 Å². The van der Waals surface area contributed by atoms with Gasteiger partial charge in [-0.2, -0.15) is 9.98 Å². The van der Waals surface area contributed by atoms with Crippen LogP contribution in [-0.2, 0) is 24.3 Å². The lowest BCUT2D eigenvalue weighted by molar-refractivity contribution is -0.150. The molecule has 1 heterocycles.